The zero-order valence-corrected chi connectivity index (χ0v) is 10.9. The van der Waals surface area contributed by atoms with Crippen LogP contribution in [-0.4, -0.2) is 20.2 Å². The summed E-state index contributed by atoms with van der Waals surface area (Å²) in [7, 11) is 0. The number of rotatable bonds is 2. The number of benzene rings is 2. The van der Waals surface area contributed by atoms with Crippen molar-refractivity contribution in [3.63, 3.8) is 0 Å². The molecule has 0 unspecified atom stereocenters. The van der Waals surface area contributed by atoms with E-state index >= 15 is 0 Å². The minimum Gasteiger partial charge on any atom is -0.192 e. The Labute approximate surface area is 111 Å². The molecular weight excluding hydrogens is 236 g/mol. The van der Waals surface area contributed by atoms with Gasteiger partial charge in [-0.25, -0.2) is 0 Å². The van der Waals surface area contributed by atoms with E-state index in [4.69, 9.17) is 0 Å². The number of tetrazole rings is 1. The maximum atomic E-state index is 4.15. The van der Waals surface area contributed by atoms with Crippen molar-refractivity contribution in [3.05, 3.63) is 59.7 Å². The summed E-state index contributed by atoms with van der Waals surface area (Å²) in [6.07, 6.45) is 0. The maximum Gasteiger partial charge on any atom is 0.187 e. The van der Waals surface area contributed by atoms with Gasteiger partial charge in [0.25, 0.3) is 0 Å². The van der Waals surface area contributed by atoms with Crippen LogP contribution in [0.25, 0.3) is 17.1 Å². The Morgan fingerprint density at radius 1 is 0.842 bits per heavy atom. The zero-order chi connectivity index (χ0) is 13.2. The number of para-hydroxylation sites is 1. The fourth-order valence-electron chi connectivity index (χ4n) is 2.24. The summed E-state index contributed by atoms with van der Waals surface area (Å²) < 4.78 is 1.81. The van der Waals surface area contributed by atoms with Gasteiger partial charge in [0.05, 0.1) is 5.69 Å². The fraction of sp³-hybridized carbons (Fsp3) is 0.133. The van der Waals surface area contributed by atoms with Crippen LogP contribution in [0.3, 0.4) is 0 Å². The molecule has 1 aromatic heterocycles. The highest BCUT2D eigenvalue weighted by Crippen LogP contribution is 2.23. The van der Waals surface area contributed by atoms with E-state index in [0.29, 0.717) is 0 Å². The Morgan fingerprint density at radius 3 is 2.21 bits per heavy atom. The highest BCUT2D eigenvalue weighted by Gasteiger charge is 2.13. The summed E-state index contributed by atoms with van der Waals surface area (Å²) in [6.45, 7) is 4.14. The molecule has 1 heterocycles. The lowest BCUT2D eigenvalue weighted by Gasteiger charge is -2.10. The van der Waals surface area contributed by atoms with Crippen LogP contribution in [0.2, 0.25) is 0 Å². The third kappa shape index (κ3) is 2.01. The minimum absolute atomic E-state index is 0.762. The second-order valence-corrected chi connectivity index (χ2v) is 4.52. The first-order chi connectivity index (χ1) is 9.27. The molecule has 2 aromatic carbocycles. The van der Waals surface area contributed by atoms with Gasteiger partial charge in [-0.1, -0.05) is 48.5 Å². The summed E-state index contributed by atoms with van der Waals surface area (Å²) in [4.78, 5) is 0. The van der Waals surface area contributed by atoms with E-state index in [9.17, 15) is 0 Å². The molecule has 4 nitrogen and oxygen atoms in total. The third-order valence-electron chi connectivity index (χ3n) is 3.15. The molecule has 3 rings (SSSR count). The molecule has 0 spiro atoms. The third-order valence-corrected chi connectivity index (χ3v) is 3.15. The first-order valence-electron chi connectivity index (χ1n) is 6.18. The molecular formula is C15H14N4. The van der Waals surface area contributed by atoms with Gasteiger partial charge in [-0.05, 0) is 35.4 Å². The van der Waals surface area contributed by atoms with Crippen molar-refractivity contribution in [2.24, 2.45) is 0 Å². The minimum atomic E-state index is 0.762. The van der Waals surface area contributed by atoms with E-state index in [2.05, 4.69) is 41.5 Å². The predicted octanol–water partition coefficient (Wildman–Crippen LogP) is 2.95. The van der Waals surface area contributed by atoms with Crippen molar-refractivity contribution in [3.8, 4) is 17.1 Å². The first-order valence-corrected chi connectivity index (χ1v) is 6.18. The average molecular weight is 250 g/mol. The second kappa shape index (κ2) is 4.65. The van der Waals surface area contributed by atoms with Gasteiger partial charge in [0.1, 0.15) is 0 Å². The SMILES string of the molecule is Cc1cccc(C)c1-n1nnnc1-c1ccccc1. The second-order valence-electron chi connectivity index (χ2n) is 4.52. The number of aromatic nitrogens is 4. The molecule has 0 atom stereocenters. The van der Waals surface area contributed by atoms with Gasteiger partial charge in [0, 0.05) is 5.56 Å². The Hall–Kier alpha value is -2.49. The molecule has 0 saturated carbocycles. The summed E-state index contributed by atoms with van der Waals surface area (Å²) in [5, 5.41) is 12.1. The Morgan fingerprint density at radius 2 is 1.53 bits per heavy atom. The van der Waals surface area contributed by atoms with Crippen LogP contribution >= 0.6 is 0 Å². The molecule has 0 bridgehead atoms. The smallest absolute Gasteiger partial charge is 0.187 e. The molecule has 94 valence electrons. The van der Waals surface area contributed by atoms with Gasteiger partial charge >= 0.3 is 0 Å². The maximum absolute atomic E-state index is 4.15. The van der Waals surface area contributed by atoms with Crippen LogP contribution in [0.1, 0.15) is 11.1 Å². The van der Waals surface area contributed by atoms with Gasteiger partial charge < -0.3 is 0 Å². The number of hydrogen-bond acceptors (Lipinski definition) is 3. The van der Waals surface area contributed by atoms with Gasteiger partial charge in [-0.15, -0.1) is 5.10 Å². The van der Waals surface area contributed by atoms with E-state index in [0.717, 1.165) is 28.2 Å². The summed E-state index contributed by atoms with van der Waals surface area (Å²) in [5.41, 5.74) is 4.37. The van der Waals surface area contributed by atoms with Crippen LogP contribution in [-0.2, 0) is 0 Å². The van der Waals surface area contributed by atoms with Crippen LogP contribution in [0.5, 0.6) is 0 Å². The van der Waals surface area contributed by atoms with E-state index in [-0.39, 0.29) is 0 Å². The lowest BCUT2D eigenvalue weighted by atomic mass is 10.1. The number of nitrogens with zero attached hydrogens (tertiary/aromatic N) is 4. The van der Waals surface area contributed by atoms with Gasteiger partial charge in [0.2, 0.25) is 0 Å². The Kier molecular flexibility index (Phi) is 2.83. The Bertz CT molecular complexity index is 681. The highest BCUT2D eigenvalue weighted by molar-refractivity contribution is 5.59. The van der Waals surface area contributed by atoms with Crippen LogP contribution in [0.15, 0.2) is 48.5 Å². The quantitative estimate of drug-likeness (QED) is 0.702. The molecule has 3 aromatic rings. The van der Waals surface area contributed by atoms with E-state index in [1.54, 1.807) is 4.68 Å². The molecule has 0 aliphatic rings. The van der Waals surface area contributed by atoms with Crippen LogP contribution in [0.4, 0.5) is 0 Å². The lowest BCUT2D eigenvalue weighted by Crippen LogP contribution is -2.04. The van der Waals surface area contributed by atoms with Crippen LogP contribution < -0.4 is 0 Å². The standard InChI is InChI=1S/C15H14N4/c1-11-7-6-8-12(2)14(11)19-15(16-17-18-19)13-9-4-3-5-10-13/h3-10H,1-2H3. The zero-order valence-electron chi connectivity index (χ0n) is 10.9. The topological polar surface area (TPSA) is 43.6 Å². The average Bonchev–Trinajstić information content (AvgIpc) is 2.89. The van der Waals surface area contributed by atoms with Gasteiger partial charge in [0.15, 0.2) is 5.82 Å². The molecule has 0 aliphatic heterocycles. The number of aryl methyl sites for hydroxylation is 2. The van der Waals surface area contributed by atoms with E-state index in [1.807, 2.05) is 36.4 Å². The van der Waals surface area contributed by atoms with Crippen molar-refractivity contribution in [2.45, 2.75) is 13.8 Å². The molecule has 0 N–H and O–H groups in total. The van der Waals surface area contributed by atoms with Crippen molar-refractivity contribution in [2.75, 3.05) is 0 Å². The van der Waals surface area contributed by atoms with Crippen molar-refractivity contribution >= 4 is 0 Å². The Balaban J connectivity index is 2.21. The fourth-order valence-corrected chi connectivity index (χ4v) is 2.24. The normalized spacial score (nSPS) is 10.6. The van der Waals surface area contributed by atoms with Gasteiger partial charge in [-0.3, -0.25) is 0 Å². The van der Waals surface area contributed by atoms with Crippen molar-refractivity contribution < 1.29 is 0 Å². The van der Waals surface area contributed by atoms with Crippen molar-refractivity contribution in [1.29, 1.82) is 0 Å². The summed E-state index contributed by atoms with van der Waals surface area (Å²) in [5.74, 6) is 0.762. The largest absolute Gasteiger partial charge is 0.192 e. The van der Waals surface area contributed by atoms with E-state index < -0.39 is 0 Å². The molecule has 0 radical (unpaired) electrons. The lowest BCUT2D eigenvalue weighted by molar-refractivity contribution is 0.783. The summed E-state index contributed by atoms with van der Waals surface area (Å²) >= 11 is 0. The molecule has 0 fully saturated rings. The monoisotopic (exact) mass is 250 g/mol. The highest BCUT2D eigenvalue weighted by atomic mass is 15.5. The molecule has 19 heavy (non-hydrogen) atoms. The van der Waals surface area contributed by atoms with Crippen LogP contribution in [0, 0.1) is 13.8 Å². The molecule has 4 heteroatoms. The van der Waals surface area contributed by atoms with Crippen molar-refractivity contribution in [1.82, 2.24) is 20.2 Å². The predicted molar refractivity (Wildman–Crippen MR) is 74.1 cm³/mol. The molecule has 0 saturated heterocycles. The van der Waals surface area contributed by atoms with Gasteiger partial charge in [-0.2, -0.15) is 4.68 Å². The van der Waals surface area contributed by atoms with E-state index in [1.165, 1.54) is 0 Å². The first kappa shape index (κ1) is 11.6. The summed E-state index contributed by atoms with van der Waals surface area (Å²) in [6, 6.07) is 16.2. The molecule has 0 aliphatic carbocycles. The number of hydrogen-bond donors (Lipinski definition) is 0. The molecule has 0 amide bonds.